The quantitative estimate of drug-likeness (QED) is 0.904. The topological polar surface area (TPSA) is 69.2 Å². The van der Waals surface area contributed by atoms with Crippen LogP contribution in [-0.2, 0) is 11.3 Å². The molecule has 0 spiro atoms. The molecule has 0 unspecified atom stereocenters. The van der Waals surface area contributed by atoms with Gasteiger partial charge < -0.3 is 5.11 Å². The molecule has 24 heavy (non-hydrogen) atoms. The SMILES string of the molecule is O=C(O)[C@@H]1CN(Cc2ccc3cn[nH]c3c2)C[C@H]1C1CCCCC1. The van der Waals surface area contributed by atoms with E-state index in [1.54, 1.807) is 0 Å². The van der Waals surface area contributed by atoms with Crippen molar-refractivity contribution in [2.75, 3.05) is 13.1 Å². The van der Waals surface area contributed by atoms with Crippen molar-refractivity contribution in [3.05, 3.63) is 30.0 Å². The van der Waals surface area contributed by atoms with E-state index in [9.17, 15) is 9.90 Å². The highest BCUT2D eigenvalue weighted by atomic mass is 16.4. The molecule has 0 bridgehead atoms. The summed E-state index contributed by atoms with van der Waals surface area (Å²) in [5.74, 6) is 0.0969. The lowest BCUT2D eigenvalue weighted by atomic mass is 9.75. The first-order chi connectivity index (χ1) is 11.7. The van der Waals surface area contributed by atoms with Gasteiger partial charge in [-0.25, -0.2) is 0 Å². The van der Waals surface area contributed by atoms with Crippen LogP contribution in [0.15, 0.2) is 24.4 Å². The number of carboxylic acids is 1. The molecule has 1 saturated carbocycles. The van der Waals surface area contributed by atoms with Gasteiger partial charge in [0.25, 0.3) is 0 Å². The lowest BCUT2D eigenvalue weighted by molar-refractivity contribution is -0.143. The maximum absolute atomic E-state index is 11.8. The van der Waals surface area contributed by atoms with E-state index in [-0.39, 0.29) is 5.92 Å². The zero-order valence-corrected chi connectivity index (χ0v) is 13.9. The molecule has 4 rings (SSSR count). The van der Waals surface area contributed by atoms with Crippen LogP contribution in [0.2, 0.25) is 0 Å². The second-order valence-corrected chi connectivity index (χ2v) is 7.49. The number of H-pyrrole nitrogens is 1. The molecule has 2 heterocycles. The lowest BCUT2D eigenvalue weighted by Gasteiger charge is -2.29. The molecule has 5 nitrogen and oxygen atoms in total. The van der Waals surface area contributed by atoms with Crippen molar-refractivity contribution in [1.29, 1.82) is 0 Å². The first-order valence-electron chi connectivity index (χ1n) is 9.08. The van der Waals surface area contributed by atoms with Gasteiger partial charge in [-0.2, -0.15) is 5.10 Å². The first kappa shape index (κ1) is 15.6. The van der Waals surface area contributed by atoms with Gasteiger partial charge in [0.05, 0.1) is 17.6 Å². The van der Waals surface area contributed by atoms with Crippen LogP contribution in [0.4, 0.5) is 0 Å². The second-order valence-electron chi connectivity index (χ2n) is 7.49. The first-order valence-corrected chi connectivity index (χ1v) is 9.08. The zero-order chi connectivity index (χ0) is 16.5. The third-order valence-electron chi connectivity index (χ3n) is 5.93. The highest BCUT2D eigenvalue weighted by molar-refractivity contribution is 5.78. The van der Waals surface area contributed by atoms with Gasteiger partial charge in [-0.15, -0.1) is 0 Å². The fourth-order valence-electron chi connectivity index (χ4n) is 4.68. The van der Waals surface area contributed by atoms with Gasteiger partial charge in [-0.3, -0.25) is 14.8 Å². The monoisotopic (exact) mass is 327 g/mol. The number of aromatic amines is 1. The molecule has 2 atom stereocenters. The summed E-state index contributed by atoms with van der Waals surface area (Å²) in [6.07, 6.45) is 8.10. The summed E-state index contributed by atoms with van der Waals surface area (Å²) in [5.41, 5.74) is 2.27. The Morgan fingerprint density at radius 3 is 2.88 bits per heavy atom. The molecule has 2 fully saturated rings. The summed E-state index contributed by atoms with van der Waals surface area (Å²) in [7, 11) is 0. The van der Waals surface area contributed by atoms with Crippen molar-refractivity contribution in [3.8, 4) is 0 Å². The molecule has 2 aromatic rings. The largest absolute Gasteiger partial charge is 0.481 e. The smallest absolute Gasteiger partial charge is 0.308 e. The number of fused-ring (bicyclic) bond motifs is 1. The Balaban J connectivity index is 1.48. The van der Waals surface area contributed by atoms with Crippen molar-refractivity contribution in [2.24, 2.45) is 17.8 Å². The molecule has 5 heteroatoms. The number of benzene rings is 1. The van der Waals surface area contributed by atoms with Gasteiger partial charge in [-0.05, 0) is 23.5 Å². The van der Waals surface area contributed by atoms with Crippen molar-refractivity contribution < 1.29 is 9.90 Å². The number of carboxylic acid groups (broad SMARTS) is 1. The van der Waals surface area contributed by atoms with Crippen LogP contribution in [0.25, 0.3) is 10.9 Å². The number of likely N-dealkylation sites (tertiary alicyclic amines) is 1. The van der Waals surface area contributed by atoms with Crippen LogP contribution in [0.3, 0.4) is 0 Å². The minimum absolute atomic E-state index is 0.205. The van der Waals surface area contributed by atoms with Crippen molar-refractivity contribution in [2.45, 2.75) is 38.6 Å². The van der Waals surface area contributed by atoms with Gasteiger partial charge >= 0.3 is 5.97 Å². The van der Waals surface area contributed by atoms with E-state index in [0.717, 1.165) is 24.0 Å². The molecule has 2 aliphatic rings. The summed E-state index contributed by atoms with van der Waals surface area (Å²) >= 11 is 0. The van der Waals surface area contributed by atoms with Gasteiger partial charge in [0.15, 0.2) is 0 Å². The Hall–Kier alpha value is -1.88. The Labute approximate surface area is 142 Å². The van der Waals surface area contributed by atoms with Gasteiger partial charge in [0.1, 0.15) is 0 Å². The summed E-state index contributed by atoms with van der Waals surface area (Å²) in [4.78, 5) is 14.1. The average molecular weight is 327 g/mol. The van der Waals surface area contributed by atoms with E-state index in [1.165, 1.54) is 37.7 Å². The minimum Gasteiger partial charge on any atom is -0.481 e. The van der Waals surface area contributed by atoms with Crippen molar-refractivity contribution in [1.82, 2.24) is 15.1 Å². The molecule has 1 saturated heterocycles. The Bertz CT molecular complexity index is 720. The number of aromatic nitrogens is 2. The standard InChI is InChI=1S/C19H25N3O2/c23-19(24)17-12-22(11-16(17)14-4-2-1-3-5-14)10-13-6-7-15-9-20-21-18(15)8-13/h6-9,14,16-17H,1-5,10-12H2,(H,20,21)(H,23,24)/t16-,17+/m0/s1. The predicted molar refractivity (Wildman–Crippen MR) is 92.6 cm³/mol. The average Bonchev–Trinajstić information content (AvgIpc) is 3.22. The number of carbonyl (C=O) groups is 1. The number of hydrogen-bond acceptors (Lipinski definition) is 3. The molecule has 0 radical (unpaired) electrons. The number of nitrogens with zero attached hydrogens (tertiary/aromatic N) is 2. The molecular formula is C19H25N3O2. The van der Waals surface area contributed by atoms with Crippen LogP contribution in [-0.4, -0.2) is 39.3 Å². The van der Waals surface area contributed by atoms with Crippen molar-refractivity contribution >= 4 is 16.9 Å². The summed E-state index contributed by atoms with van der Waals surface area (Å²) in [5, 5.41) is 17.9. The number of aliphatic carboxylic acids is 1. The summed E-state index contributed by atoms with van der Waals surface area (Å²) in [6, 6.07) is 6.34. The fourth-order valence-corrected chi connectivity index (χ4v) is 4.68. The second kappa shape index (κ2) is 6.55. The van der Waals surface area contributed by atoms with Gasteiger partial charge in [0.2, 0.25) is 0 Å². The van der Waals surface area contributed by atoms with Crippen LogP contribution >= 0.6 is 0 Å². The predicted octanol–water partition coefficient (Wildman–Crippen LogP) is 3.28. The molecule has 1 aliphatic carbocycles. The Kier molecular flexibility index (Phi) is 4.27. The van der Waals surface area contributed by atoms with Crippen LogP contribution in [0.1, 0.15) is 37.7 Å². The Morgan fingerprint density at radius 2 is 2.08 bits per heavy atom. The highest BCUT2D eigenvalue weighted by Gasteiger charge is 2.41. The van der Waals surface area contributed by atoms with E-state index in [2.05, 4.69) is 33.3 Å². The molecule has 2 N–H and O–H groups in total. The maximum atomic E-state index is 11.8. The minimum atomic E-state index is -0.614. The van der Waals surface area contributed by atoms with Gasteiger partial charge in [0, 0.05) is 25.0 Å². The Morgan fingerprint density at radius 1 is 1.25 bits per heavy atom. The molecule has 1 aliphatic heterocycles. The third kappa shape index (κ3) is 3.05. The molecule has 1 aromatic heterocycles. The van der Waals surface area contributed by atoms with E-state index < -0.39 is 5.97 Å². The zero-order valence-electron chi connectivity index (χ0n) is 13.9. The molecule has 0 amide bonds. The number of nitrogens with one attached hydrogen (secondary N) is 1. The van der Waals surface area contributed by atoms with E-state index in [4.69, 9.17) is 0 Å². The summed E-state index contributed by atoms with van der Waals surface area (Å²) < 4.78 is 0. The fraction of sp³-hybridized carbons (Fsp3) is 0.579. The van der Waals surface area contributed by atoms with E-state index in [1.807, 2.05) is 6.20 Å². The lowest BCUT2D eigenvalue weighted by Crippen LogP contribution is -2.29. The van der Waals surface area contributed by atoms with E-state index >= 15 is 0 Å². The van der Waals surface area contributed by atoms with E-state index in [0.29, 0.717) is 18.4 Å². The molecule has 1 aromatic carbocycles. The molecule has 128 valence electrons. The molecular weight excluding hydrogens is 302 g/mol. The maximum Gasteiger partial charge on any atom is 0.308 e. The third-order valence-corrected chi connectivity index (χ3v) is 5.93. The summed E-state index contributed by atoms with van der Waals surface area (Å²) in [6.45, 7) is 2.42. The van der Waals surface area contributed by atoms with Crippen LogP contribution in [0, 0.1) is 17.8 Å². The van der Waals surface area contributed by atoms with Gasteiger partial charge in [-0.1, -0.05) is 44.2 Å². The van der Waals surface area contributed by atoms with Crippen LogP contribution in [0.5, 0.6) is 0 Å². The van der Waals surface area contributed by atoms with Crippen LogP contribution < -0.4 is 0 Å². The van der Waals surface area contributed by atoms with Crippen molar-refractivity contribution in [3.63, 3.8) is 0 Å². The normalized spacial score (nSPS) is 26.2. The number of rotatable bonds is 4. The number of hydrogen-bond donors (Lipinski definition) is 2. The highest BCUT2D eigenvalue weighted by Crippen LogP contribution is 2.38.